The van der Waals surface area contributed by atoms with Crippen LogP contribution < -0.4 is 4.90 Å². The third-order valence-electron chi connectivity index (χ3n) is 2.25. The lowest BCUT2D eigenvalue weighted by Crippen LogP contribution is -2.26. The monoisotopic (exact) mass is 241 g/mol. The molecule has 0 aliphatic heterocycles. The predicted octanol–water partition coefficient (Wildman–Crippen LogP) is 2.23. The van der Waals surface area contributed by atoms with Crippen molar-refractivity contribution in [3.05, 3.63) is 17.0 Å². The Morgan fingerprint density at radius 2 is 2.38 bits per heavy atom. The maximum Gasteiger partial charge on any atom is 0.146 e. The summed E-state index contributed by atoms with van der Waals surface area (Å²) >= 11 is 3.47. The number of hydrogen-bond donors (Lipinski definition) is 0. The van der Waals surface area contributed by atoms with E-state index < -0.39 is 0 Å². The average molecular weight is 242 g/mol. The molecule has 13 heavy (non-hydrogen) atoms. The first kappa shape index (κ1) is 8.94. The van der Waals surface area contributed by atoms with Crippen molar-refractivity contribution in [2.45, 2.75) is 25.8 Å². The van der Waals surface area contributed by atoms with Gasteiger partial charge in [0.15, 0.2) is 0 Å². The highest BCUT2D eigenvalue weighted by Gasteiger charge is 2.29. The quantitative estimate of drug-likeness (QED) is 0.813. The van der Waals surface area contributed by atoms with Crippen LogP contribution in [0.15, 0.2) is 17.0 Å². The molecule has 1 aliphatic rings. The molecule has 70 valence electrons. The van der Waals surface area contributed by atoms with E-state index in [0.717, 1.165) is 16.8 Å². The third-order valence-corrected chi connectivity index (χ3v) is 2.81. The molecule has 0 unspecified atom stereocenters. The second kappa shape index (κ2) is 3.62. The Bertz CT molecular complexity index is 299. The van der Waals surface area contributed by atoms with Crippen molar-refractivity contribution in [2.75, 3.05) is 11.4 Å². The number of nitrogens with zero attached hydrogens (tertiary/aromatic N) is 3. The fourth-order valence-electron chi connectivity index (χ4n) is 1.48. The molecule has 1 heterocycles. The normalized spacial score (nSPS) is 15.8. The minimum absolute atomic E-state index is 0.705. The van der Waals surface area contributed by atoms with Gasteiger partial charge in [-0.3, -0.25) is 0 Å². The van der Waals surface area contributed by atoms with Crippen molar-refractivity contribution in [1.29, 1.82) is 0 Å². The zero-order valence-electron chi connectivity index (χ0n) is 7.57. The fourth-order valence-corrected chi connectivity index (χ4v) is 1.93. The van der Waals surface area contributed by atoms with Gasteiger partial charge in [-0.1, -0.05) is 0 Å². The molecule has 2 rings (SSSR count). The Kier molecular flexibility index (Phi) is 2.49. The number of hydrogen-bond acceptors (Lipinski definition) is 3. The van der Waals surface area contributed by atoms with Crippen LogP contribution in [0, 0.1) is 0 Å². The molecule has 1 aromatic heterocycles. The van der Waals surface area contributed by atoms with E-state index in [1.54, 1.807) is 12.5 Å². The van der Waals surface area contributed by atoms with E-state index in [2.05, 4.69) is 37.7 Å². The van der Waals surface area contributed by atoms with Gasteiger partial charge >= 0.3 is 0 Å². The number of halogens is 1. The van der Waals surface area contributed by atoms with E-state index in [-0.39, 0.29) is 0 Å². The summed E-state index contributed by atoms with van der Waals surface area (Å²) in [6, 6.07) is 0.705. The van der Waals surface area contributed by atoms with Crippen molar-refractivity contribution in [3.8, 4) is 0 Å². The molecule has 1 fully saturated rings. The first-order valence-electron chi connectivity index (χ1n) is 4.55. The Labute approximate surface area is 86.3 Å². The molecule has 1 aliphatic carbocycles. The van der Waals surface area contributed by atoms with Crippen LogP contribution >= 0.6 is 15.9 Å². The molecule has 0 atom stereocenters. The predicted molar refractivity (Wildman–Crippen MR) is 55.8 cm³/mol. The minimum Gasteiger partial charge on any atom is -0.353 e. The average Bonchev–Trinajstić information content (AvgIpc) is 2.93. The van der Waals surface area contributed by atoms with E-state index in [1.807, 2.05) is 0 Å². The second-order valence-corrected chi connectivity index (χ2v) is 4.07. The van der Waals surface area contributed by atoms with Crippen LogP contribution in [0.25, 0.3) is 0 Å². The van der Waals surface area contributed by atoms with E-state index in [1.165, 1.54) is 12.8 Å². The molecule has 3 nitrogen and oxygen atoms in total. The first-order chi connectivity index (χ1) is 6.33. The summed E-state index contributed by atoms with van der Waals surface area (Å²) in [7, 11) is 0. The molecule has 0 spiro atoms. The summed E-state index contributed by atoms with van der Waals surface area (Å²) < 4.78 is 0.990. The second-order valence-electron chi connectivity index (χ2n) is 3.21. The van der Waals surface area contributed by atoms with Gasteiger partial charge in [-0.2, -0.15) is 0 Å². The standard InChI is InChI=1S/C9H12BrN3/c1-2-13(7-3-4-7)9-8(10)5-11-6-12-9/h5-7H,2-4H2,1H3. The van der Waals surface area contributed by atoms with Gasteiger partial charge in [-0.25, -0.2) is 9.97 Å². The number of rotatable bonds is 3. The summed E-state index contributed by atoms with van der Waals surface area (Å²) in [6.45, 7) is 3.17. The van der Waals surface area contributed by atoms with Gasteiger partial charge in [0.25, 0.3) is 0 Å². The largest absolute Gasteiger partial charge is 0.353 e. The highest BCUT2D eigenvalue weighted by molar-refractivity contribution is 9.10. The molecule has 0 radical (unpaired) electrons. The molecule has 0 N–H and O–H groups in total. The highest BCUT2D eigenvalue weighted by Crippen LogP contribution is 2.33. The SMILES string of the molecule is CCN(c1ncncc1Br)C1CC1. The van der Waals surface area contributed by atoms with Gasteiger partial charge in [0.1, 0.15) is 12.1 Å². The maximum absolute atomic E-state index is 4.28. The Hall–Kier alpha value is -0.640. The Morgan fingerprint density at radius 1 is 1.62 bits per heavy atom. The molecule has 1 saturated carbocycles. The lowest BCUT2D eigenvalue weighted by molar-refractivity contribution is 0.801. The van der Waals surface area contributed by atoms with Crippen LogP contribution in [0.4, 0.5) is 5.82 Å². The molecule has 1 aromatic rings. The lowest BCUT2D eigenvalue weighted by atomic mass is 10.4. The molecule has 0 saturated heterocycles. The number of anilines is 1. The van der Waals surface area contributed by atoms with Gasteiger partial charge in [0, 0.05) is 18.8 Å². The fraction of sp³-hybridized carbons (Fsp3) is 0.556. The van der Waals surface area contributed by atoms with Crippen molar-refractivity contribution in [1.82, 2.24) is 9.97 Å². The van der Waals surface area contributed by atoms with Gasteiger partial charge in [0.05, 0.1) is 4.47 Å². The Morgan fingerprint density at radius 3 is 2.92 bits per heavy atom. The lowest BCUT2D eigenvalue weighted by Gasteiger charge is -2.21. The van der Waals surface area contributed by atoms with Crippen LogP contribution in [0.3, 0.4) is 0 Å². The van der Waals surface area contributed by atoms with Crippen LogP contribution in [0.2, 0.25) is 0 Å². The first-order valence-corrected chi connectivity index (χ1v) is 5.34. The van der Waals surface area contributed by atoms with Gasteiger partial charge in [-0.05, 0) is 35.7 Å². The van der Waals surface area contributed by atoms with Crippen molar-refractivity contribution in [3.63, 3.8) is 0 Å². The van der Waals surface area contributed by atoms with E-state index >= 15 is 0 Å². The summed E-state index contributed by atoms with van der Waals surface area (Å²) in [5.41, 5.74) is 0. The van der Waals surface area contributed by atoms with Crippen LogP contribution in [-0.2, 0) is 0 Å². The summed E-state index contributed by atoms with van der Waals surface area (Å²) in [5, 5.41) is 0. The number of aromatic nitrogens is 2. The van der Waals surface area contributed by atoms with Gasteiger partial charge in [0.2, 0.25) is 0 Å². The smallest absolute Gasteiger partial charge is 0.146 e. The molecule has 0 aromatic carbocycles. The summed E-state index contributed by atoms with van der Waals surface area (Å²) in [5.74, 6) is 1.03. The molecule has 0 bridgehead atoms. The molecular formula is C9H12BrN3. The Balaban J connectivity index is 2.26. The van der Waals surface area contributed by atoms with Gasteiger partial charge < -0.3 is 4.90 Å². The minimum atomic E-state index is 0.705. The van der Waals surface area contributed by atoms with E-state index in [4.69, 9.17) is 0 Å². The van der Waals surface area contributed by atoms with Crippen LogP contribution in [0.5, 0.6) is 0 Å². The summed E-state index contributed by atoms with van der Waals surface area (Å²) in [6.07, 6.45) is 5.99. The zero-order chi connectivity index (χ0) is 9.26. The molecular weight excluding hydrogens is 230 g/mol. The van der Waals surface area contributed by atoms with Crippen LogP contribution in [-0.4, -0.2) is 22.6 Å². The van der Waals surface area contributed by atoms with E-state index in [0.29, 0.717) is 6.04 Å². The topological polar surface area (TPSA) is 29.0 Å². The summed E-state index contributed by atoms with van der Waals surface area (Å²) in [4.78, 5) is 10.6. The zero-order valence-corrected chi connectivity index (χ0v) is 9.16. The molecule has 0 amide bonds. The van der Waals surface area contributed by atoms with Gasteiger partial charge in [-0.15, -0.1) is 0 Å². The van der Waals surface area contributed by atoms with Crippen molar-refractivity contribution < 1.29 is 0 Å². The van der Waals surface area contributed by atoms with Crippen molar-refractivity contribution in [2.24, 2.45) is 0 Å². The van der Waals surface area contributed by atoms with Crippen molar-refractivity contribution >= 4 is 21.7 Å². The van der Waals surface area contributed by atoms with Crippen LogP contribution in [0.1, 0.15) is 19.8 Å². The molecule has 4 heteroatoms. The third kappa shape index (κ3) is 1.82. The highest BCUT2D eigenvalue weighted by atomic mass is 79.9. The maximum atomic E-state index is 4.28. The van der Waals surface area contributed by atoms with E-state index in [9.17, 15) is 0 Å².